The van der Waals surface area contributed by atoms with Gasteiger partial charge in [-0.05, 0) is 24.1 Å². The summed E-state index contributed by atoms with van der Waals surface area (Å²) < 4.78 is 3.45. The van der Waals surface area contributed by atoms with Crippen molar-refractivity contribution in [2.45, 2.75) is 103 Å². The summed E-state index contributed by atoms with van der Waals surface area (Å²) in [5.74, 6) is 0.147. The van der Waals surface area contributed by atoms with Crippen LogP contribution in [0, 0.1) is 0 Å². The Kier molecular flexibility index (Phi) is 44.0. The summed E-state index contributed by atoms with van der Waals surface area (Å²) in [5, 5.41) is 0. The first-order valence-corrected chi connectivity index (χ1v) is 17.1. The van der Waals surface area contributed by atoms with Crippen molar-refractivity contribution < 1.29 is 14.4 Å². The molecule has 2 aromatic carbocycles. The van der Waals surface area contributed by atoms with Crippen LogP contribution in [0.5, 0.6) is 0 Å². The van der Waals surface area contributed by atoms with Crippen LogP contribution in [0.2, 0.25) is 0 Å². The van der Waals surface area contributed by atoms with Gasteiger partial charge in [0.05, 0.1) is 25.0 Å². The maximum atomic E-state index is 12.1. The average molecular weight is 651 g/mol. The molecule has 0 spiro atoms. The zero-order valence-corrected chi connectivity index (χ0v) is 32.5. The van der Waals surface area contributed by atoms with Crippen LogP contribution < -0.4 is 0 Å². The third-order valence-electron chi connectivity index (χ3n) is 4.95. The summed E-state index contributed by atoms with van der Waals surface area (Å²) in [4.78, 5) is 40.9. The Morgan fingerprint density at radius 3 is 1.28 bits per heavy atom. The number of hydrogen-bond acceptors (Lipinski definition) is 5. The lowest BCUT2D eigenvalue weighted by Gasteiger charge is -2.02. The second-order valence-corrected chi connectivity index (χ2v) is 7.65. The number of benzene rings is 2. The predicted molar refractivity (Wildman–Crippen MR) is 205 cm³/mol. The highest BCUT2D eigenvalue weighted by molar-refractivity contribution is 6.09. The van der Waals surface area contributed by atoms with E-state index in [0.29, 0.717) is 23.4 Å². The second kappa shape index (κ2) is 39.6. The fourth-order valence-corrected chi connectivity index (χ4v) is 2.98. The molecule has 0 saturated heterocycles. The number of carbonyl (C=O) groups is 3. The molecule has 4 rings (SSSR count). The van der Waals surface area contributed by atoms with Gasteiger partial charge in [0.1, 0.15) is 17.7 Å². The zero-order chi connectivity index (χ0) is 37.6. The highest BCUT2D eigenvalue weighted by Crippen LogP contribution is 2.11. The SMILES string of the molecule is C/C(=C\c1ccccc1)C(=O)c1cncn1C.CC.CC.CC.CC.CC.CC.CCC(=O)c1cncn1C.O=Cc1ccccc1. The third kappa shape index (κ3) is 24.5. The van der Waals surface area contributed by atoms with Crippen molar-refractivity contribution in [3.63, 3.8) is 0 Å². The molecule has 0 fully saturated rings. The van der Waals surface area contributed by atoms with Gasteiger partial charge >= 0.3 is 0 Å². The molecule has 0 atom stereocenters. The van der Waals surface area contributed by atoms with Crippen LogP contribution in [0.4, 0.5) is 0 Å². The number of aromatic nitrogens is 4. The maximum absolute atomic E-state index is 12.1. The first-order valence-electron chi connectivity index (χ1n) is 17.1. The van der Waals surface area contributed by atoms with E-state index in [0.717, 1.165) is 17.4 Å². The van der Waals surface area contributed by atoms with Gasteiger partial charge in [-0.1, -0.05) is 151 Å². The summed E-state index contributed by atoms with van der Waals surface area (Å²) in [6.07, 6.45) is 9.69. The van der Waals surface area contributed by atoms with Gasteiger partial charge in [-0.3, -0.25) is 14.4 Å². The molecule has 2 aromatic heterocycles. The van der Waals surface area contributed by atoms with Crippen molar-refractivity contribution in [1.82, 2.24) is 19.1 Å². The van der Waals surface area contributed by atoms with Crippen LogP contribution in [-0.4, -0.2) is 37.0 Å². The monoisotopic (exact) mass is 651 g/mol. The number of aldehydes is 1. The fraction of sp³-hybridized carbons (Fsp3) is 0.425. The van der Waals surface area contributed by atoms with Gasteiger partial charge in [-0.25, -0.2) is 9.97 Å². The largest absolute Gasteiger partial charge is 0.331 e. The van der Waals surface area contributed by atoms with E-state index in [4.69, 9.17) is 0 Å². The van der Waals surface area contributed by atoms with Crippen LogP contribution in [0.3, 0.4) is 0 Å². The smallest absolute Gasteiger partial charge is 0.206 e. The number of rotatable bonds is 6. The average Bonchev–Trinajstić information content (AvgIpc) is 3.81. The van der Waals surface area contributed by atoms with Gasteiger partial charge < -0.3 is 9.13 Å². The van der Waals surface area contributed by atoms with Crippen molar-refractivity contribution in [1.29, 1.82) is 0 Å². The Morgan fingerprint density at radius 1 is 0.617 bits per heavy atom. The van der Waals surface area contributed by atoms with Crippen molar-refractivity contribution in [3.8, 4) is 0 Å². The molecular formula is C40H66N4O3. The molecule has 0 aliphatic carbocycles. The molecule has 264 valence electrons. The molecule has 7 heteroatoms. The van der Waals surface area contributed by atoms with Crippen LogP contribution in [0.1, 0.15) is 140 Å². The standard InChI is InChI=1S/C14H14N2O.C7H10N2O.C7H6O.6C2H6/c1-11(8-12-6-4-3-5-7-12)14(17)13-9-15-10-16(13)2;1-3-7(10)6-4-8-5-9(6)2;8-6-7-4-2-1-3-5-7;6*1-2/h3-10H,1-2H3;4-5H,3H2,1-2H3;1-6H;6*1-2H3/b11-8+;;;;;;;;. The number of nitrogens with zero attached hydrogens (tertiary/aromatic N) is 4. The van der Waals surface area contributed by atoms with Crippen LogP contribution in [0.15, 0.2) is 91.3 Å². The first-order chi connectivity index (χ1) is 22.9. The van der Waals surface area contributed by atoms with Crippen LogP contribution >= 0.6 is 0 Å². The van der Waals surface area contributed by atoms with Crippen molar-refractivity contribution in [3.05, 3.63) is 114 Å². The van der Waals surface area contributed by atoms with Crippen molar-refractivity contribution in [2.24, 2.45) is 14.1 Å². The van der Waals surface area contributed by atoms with Crippen molar-refractivity contribution >= 4 is 23.9 Å². The first kappa shape index (κ1) is 52.2. The highest BCUT2D eigenvalue weighted by atomic mass is 16.1. The molecule has 0 radical (unpaired) electrons. The summed E-state index contributed by atoms with van der Waals surface area (Å²) in [6, 6.07) is 18.9. The number of aryl methyl sites for hydroxylation is 2. The molecule has 7 nitrogen and oxygen atoms in total. The molecule has 0 saturated carbocycles. The Morgan fingerprint density at radius 2 is 0.979 bits per heavy atom. The van der Waals surface area contributed by atoms with Crippen LogP contribution in [-0.2, 0) is 14.1 Å². The molecule has 4 aromatic rings. The lowest BCUT2D eigenvalue weighted by atomic mass is 10.1. The summed E-state index contributed by atoms with van der Waals surface area (Å²) >= 11 is 0. The maximum Gasteiger partial charge on any atom is 0.206 e. The van der Waals surface area contributed by atoms with E-state index < -0.39 is 0 Å². The molecule has 2 heterocycles. The lowest BCUT2D eigenvalue weighted by Crippen LogP contribution is -2.06. The van der Waals surface area contributed by atoms with Crippen molar-refractivity contribution in [2.75, 3.05) is 0 Å². The molecule has 0 aliphatic heterocycles. The molecule has 47 heavy (non-hydrogen) atoms. The molecule has 0 bridgehead atoms. The Hall–Kier alpha value is -4.39. The number of Topliss-reactive ketones (excluding diaryl/α,β-unsaturated/α-hetero) is 2. The van der Waals surface area contributed by atoms with Gasteiger partial charge in [-0.15, -0.1) is 0 Å². The number of imidazole rings is 2. The fourth-order valence-electron chi connectivity index (χ4n) is 2.98. The van der Waals surface area contributed by atoms with Gasteiger partial charge in [0.25, 0.3) is 0 Å². The Labute approximate surface area is 288 Å². The van der Waals surface area contributed by atoms with Crippen LogP contribution in [0.25, 0.3) is 6.08 Å². The van der Waals surface area contributed by atoms with E-state index >= 15 is 0 Å². The van der Waals surface area contributed by atoms with E-state index in [2.05, 4.69) is 9.97 Å². The minimum atomic E-state index is 0.00820. The number of allylic oxidation sites excluding steroid dienone is 1. The van der Waals surface area contributed by atoms with Gasteiger partial charge in [0.15, 0.2) is 5.78 Å². The zero-order valence-electron chi connectivity index (χ0n) is 32.5. The molecule has 0 aliphatic rings. The van der Waals surface area contributed by atoms with E-state index in [9.17, 15) is 14.4 Å². The van der Waals surface area contributed by atoms with Gasteiger partial charge in [0, 0.05) is 26.1 Å². The minimum Gasteiger partial charge on any atom is -0.331 e. The van der Waals surface area contributed by atoms with E-state index in [1.54, 1.807) is 46.3 Å². The molecule has 0 N–H and O–H groups in total. The summed E-state index contributed by atoms with van der Waals surface area (Å²) in [5.41, 5.74) is 3.75. The van der Waals surface area contributed by atoms with E-state index in [1.807, 2.05) is 166 Å². The third-order valence-corrected chi connectivity index (χ3v) is 4.95. The number of ketones is 2. The number of hydrogen-bond donors (Lipinski definition) is 0. The summed E-state index contributed by atoms with van der Waals surface area (Å²) in [6.45, 7) is 27.7. The predicted octanol–water partition coefficient (Wildman–Crippen LogP) is 11.4. The lowest BCUT2D eigenvalue weighted by molar-refractivity contribution is 0.0978. The normalized spacial score (nSPS) is 8.47. The summed E-state index contributed by atoms with van der Waals surface area (Å²) in [7, 11) is 3.63. The molecular weight excluding hydrogens is 584 g/mol. The Bertz CT molecular complexity index is 1260. The van der Waals surface area contributed by atoms with E-state index in [1.165, 1.54) is 0 Å². The van der Waals surface area contributed by atoms with Gasteiger partial charge in [-0.2, -0.15) is 0 Å². The quantitative estimate of drug-likeness (QED) is 0.118. The number of carbonyl (C=O) groups excluding carboxylic acids is 3. The van der Waals surface area contributed by atoms with Gasteiger partial charge in [0.2, 0.25) is 5.78 Å². The second-order valence-electron chi connectivity index (χ2n) is 7.65. The molecule has 0 unspecified atom stereocenters. The molecule has 0 amide bonds. The minimum absolute atomic E-state index is 0.00820. The van der Waals surface area contributed by atoms with E-state index in [-0.39, 0.29) is 11.6 Å². The Balaban J connectivity index is -0.000000169. The topological polar surface area (TPSA) is 86.8 Å². The highest BCUT2D eigenvalue weighted by Gasteiger charge is 2.11.